The van der Waals surface area contributed by atoms with Crippen molar-refractivity contribution in [3.05, 3.63) is 11.8 Å². The lowest BCUT2D eigenvalue weighted by atomic mass is 10.3. The lowest BCUT2D eigenvalue weighted by Crippen LogP contribution is -2.21. The Kier molecular flexibility index (Phi) is 5.19. The van der Waals surface area contributed by atoms with E-state index in [4.69, 9.17) is 0 Å². The Balaban J connectivity index is 2.56. The van der Waals surface area contributed by atoms with Crippen LogP contribution < -0.4 is 16.0 Å². The van der Waals surface area contributed by atoms with Gasteiger partial charge in [0.25, 0.3) is 0 Å². The number of nitrogens with one attached hydrogen (secondary N) is 3. The molecule has 94 valence electrons. The Labute approximate surface area is 101 Å². The predicted octanol–water partition coefficient (Wildman–Crippen LogP) is 0.765. The summed E-state index contributed by atoms with van der Waals surface area (Å²) in [4.78, 5) is 19.5. The molecule has 0 saturated carbocycles. The molecular formula is C11H19N5O. The molecule has 0 aliphatic heterocycles. The lowest BCUT2D eigenvalue weighted by molar-refractivity contribution is -0.120. The Morgan fingerprint density at radius 1 is 1.41 bits per heavy atom. The van der Waals surface area contributed by atoms with Crippen LogP contribution >= 0.6 is 0 Å². The molecule has 6 heteroatoms. The van der Waals surface area contributed by atoms with Gasteiger partial charge < -0.3 is 16.0 Å². The molecule has 3 N–H and O–H groups in total. The van der Waals surface area contributed by atoms with Crippen molar-refractivity contribution in [2.75, 3.05) is 30.8 Å². The van der Waals surface area contributed by atoms with E-state index in [0.29, 0.717) is 18.9 Å². The van der Waals surface area contributed by atoms with Crippen LogP contribution in [0.4, 0.5) is 11.8 Å². The summed E-state index contributed by atoms with van der Waals surface area (Å²) in [5.74, 6) is 1.37. The van der Waals surface area contributed by atoms with Gasteiger partial charge in [-0.05, 0) is 13.8 Å². The molecule has 0 bridgehead atoms. The van der Waals surface area contributed by atoms with Crippen molar-refractivity contribution in [1.82, 2.24) is 15.3 Å². The summed E-state index contributed by atoms with van der Waals surface area (Å²) < 4.78 is 0. The Morgan fingerprint density at radius 2 is 2.18 bits per heavy atom. The van der Waals surface area contributed by atoms with Gasteiger partial charge in [0.05, 0.1) is 0 Å². The number of nitrogens with zero attached hydrogens (tertiary/aromatic N) is 2. The van der Waals surface area contributed by atoms with Crippen LogP contribution in [0.5, 0.6) is 0 Å². The van der Waals surface area contributed by atoms with Crippen molar-refractivity contribution in [3.63, 3.8) is 0 Å². The maximum Gasteiger partial charge on any atom is 0.224 e. The van der Waals surface area contributed by atoms with Gasteiger partial charge in [-0.25, -0.2) is 4.98 Å². The van der Waals surface area contributed by atoms with E-state index < -0.39 is 0 Å². The number of anilines is 2. The molecule has 1 aromatic heterocycles. The molecule has 1 rings (SSSR count). The standard InChI is InChI=1S/C11H19N5O/c1-4-13-11-15-7-8(2)10(16-11)14-6-5-9(17)12-3/h7H,4-6H2,1-3H3,(H,12,17)(H2,13,14,15,16). The van der Waals surface area contributed by atoms with E-state index in [2.05, 4.69) is 25.9 Å². The van der Waals surface area contributed by atoms with Gasteiger partial charge in [0, 0.05) is 38.3 Å². The molecule has 6 nitrogen and oxygen atoms in total. The first-order valence-corrected chi connectivity index (χ1v) is 5.69. The fourth-order valence-corrected chi connectivity index (χ4v) is 1.28. The van der Waals surface area contributed by atoms with E-state index in [1.807, 2.05) is 13.8 Å². The highest BCUT2D eigenvalue weighted by molar-refractivity contribution is 5.76. The second kappa shape index (κ2) is 6.67. The normalized spacial score (nSPS) is 9.82. The average molecular weight is 237 g/mol. The van der Waals surface area contributed by atoms with E-state index >= 15 is 0 Å². The first-order chi connectivity index (χ1) is 8.17. The summed E-state index contributed by atoms with van der Waals surface area (Å²) in [5.41, 5.74) is 0.962. The van der Waals surface area contributed by atoms with Gasteiger partial charge >= 0.3 is 0 Å². The molecule has 0 aliphatic carbocycles. The van der Waals surface area contributed by atoms with Gasteiger partial charge in [-0.3, -0.25) is 4.79 Å². The molecule has 0 atom stereocenters. The summed E-state index contributed by atoms with van der Waals surface area (Å²) in [6, 6.07) is 0. The second-order valence-corrected chi connectivity index (χ2v) is 3.61. The molecular weight excluding hydrogens is 218 g/mol. The SMILES string of the molecule is CCNc1ncc(C)c(NCCC(=O)NC)n1. The summed E-state index contributed by atoms with van der Waals surface area (Å²) in [5, 5.41) is 8.74. The van der Waals surface area contributed by atoms with E-state index in [-0.39, 0.29) is 5.91 Å². The molecule has 0 aromatic carbocycles. The third-order valence-corrected chi connectivity index (χ3v) is 2.23. The van der Waals surface area contributed by atoms with E-state index in [0.717, 1.165) is 17.9 Å². The lowest BCUT2D eigenvalue weighted by Gasteiger charge is -2.09. The van der Waals surface area contributed by atoms with Gasteiger partial charge in [0.1, 0.15) is 5.82 Å². The number of hydrogen-bond acceptors (Lipinski definition) is 5. The molecule has 0 radical (unpaired) electrons. The van der Waals surface area contributed by atoms with Crippen molar-refractivity contribution in [2.45, 2.75) is 20.3 Å². The van der Waals surface area contributed by atoms with Crippen molar-refractivity contribution in [2.24, 2.45) is 0 Å². The van der Waals surface area contributed by atoms with Crippen molar-refractivity contribution in [1.29, 1.82) is 0 Å². The van der Waals surface area contributed by atoms with Gasteiger partial charge in [-0.15, -0.1) is 0 Å². The Hall–Kier alpha value is -1.85. The van der Waals surface area contributed by atoms with Crippen LogP contribution in [0.2, 0.25) is 0 Å². The first-order valence-electron chi connectivity index (χ1n) is 5.69. The Morgan fingerprint density at radius 3 is 2.82 bits per heavy atom. The fourth-order valence-electron chi connectivity index (χ4n) is 1.28. The van der Waals surface area contributed by atoms with Crippen LogP contribution in [0.3, 0.4) is 0 Å². The van der Waals surface area contributed by atoms with Crippen molar-refractivity contribution < 1.29 is 4.79 Å². The minimum Gasteiger partial charge on any atom is -0.369 e. The molecule has 0 unspecified atom stereocenters. The number of aromatic nitrogens is 2. The van der Waals surface area contributed by atoms with Crippen molar-refractivity contribution in [3.8, 4) is 0 Å². The van der Waals surface area contributed by atoms with Crippen LogP contribution in [0.1, 0.15) is 18.9 Å². The topological polar surface area (TPSA) is 78.9 Å². The maximum absolute atomic E-state index is 11.1. The molecule has 0 aliphatic rings. The van der Waals surface area contributed by atoms with Crippen LogP contribution in [-0.4, -0.2) is 36.0 Å². The monoisotopic (exact) mass is 237 g/mol. The number of carbonyl (C=O) groups excluding carboxylic acids is 1. The zero-order valence-corrected chi connectivity index (χ0v) is 10.5. The third kappa shape index (κ3) is 4.26. The van der Waals surface area contributed by atoms with Gasteiger partial charge in [0.2, 0.25) is 11.9 Å². The van der Waals surface area contributed by atoms with E-state index in [1.54, 1.807) is 13.2 Å². The summed E-state index contributed by atoms with van der Waals surface area (Å²) >= 11 is 0. The average Bonchev–Trinajstić information content (AvgIpc) is 2.33. The summed E-state index contributed by atoms with van der Waals surface area (Å²) in [7, 11) is 1.63. The quantitative estimate of drug-likeness (QED) is 0.681. The number of amides is 1. The predicted molar refractivity (Wildman–Crippen MR) is 68.1 cm³/mol. The van der Waals surface area contributed by atoms with Crippen LogP contribution in [0.25, 0.3) is 0 Å². The summed E-state index contributed by atoms with van der Waals surface area (Å²) in [6.45, 7) is 5.25. The molecule has 0 fully saturated rings. The minimum atomic E-state index is 0.0103. The van der Waals surface area contributed by atoms with Crippen LogP contribution in [0.15, 0.2) is 6.20 Å². The largest absolute Gasteiger partial charge is 0.369 e. The second-order valence-electron chi connectivity index (χ2n) is 3.61. The smallest absolute Gasteiger partial charge is 0.224 e. The first kappa shape index (κ1) is 13.2. The highest BCUT2D eigenvalue weighted by atomic mass is 16.1. The number of carbonyl (C=O) groups is 1. The molecule has 1 heterocycles. The zero-order valence-electron chi connectivity index (χ0n) is 10.5. The van der Waals surface area contributed by atoms with Gasteiger partial charge in [0.15, 0.2) is 0 Å². The van der Waals surface area contributed by atoms with Crippen molar-refractivity contribution >= 4 is 17.7 Å². The number of rotatable bonds is 6. The molecule has 0 saturated heterocycles. The molecule has 1 amide bonds. The minimum absolute atomic E-state index is 0.0103. The summed E-state index contributed by atoms with van der Waals surface area (Å²) in [6.07, 6.45) is 2.18. The van der Waals surface area contributed by atoms with Crippen LogP contribution in [-0.2, 0) is 4.79 Å². The highest BCUT2D eigenvalue weighted by Crippen LogP contribution is 2.12. The van der Waals surface area contributed by atoms with Gasteiger partial charge in [-0.1, -0.05) is 0 Å². The number of hydrogen-bond donors (Lipinski definition) is 3. The zero-order chi connectivity index (χ0) is 12.7. The number of aryl methyl sites for hydroxylation is 1. The fraction of sp³-hybridized carbons (Fsp3) is 0.545. The van der Waals surface area contributed by atoms with Crippen LogP contribution in [0, 0.1) is 6.92 Å². The third-order valence-electron chi connectivity index (χ3n) is 2.23. The highest BCUT2D eigenvalue weighted by Gasteiger charge is 2.03. The van der Waals surface area contributed by atoms with E-state index in [9.17, 15) is 4.79 Å². The molecule has 17 heavy (non-hydrogen) atoms. The van der Waals surface area contributed by atoms with E-state index in [1.165, 1.54) is 0 Å². The molecule has 0 spiro atoms. The molecule has 1 aromatic rings. The van der Waals surface area contributed by atoms with Gasteiger partial charge in [-0.2, -0.15) is 4.98 Å². The maximum atomic E-state index is 11.1. The Bertz CT molecular complexity index is 380.